The molecule has 2 heteroatoms. The van der Waals surface area contributed by atoms with E-state index in [-0.39, 0.29) is 5.97 Å². The molecule has 1 heterocycles. The Bertz CT molecular complexity index is 967. The number of carbonyl (C=O) groups excluding carboxylic acids is 1. The lowest BCUT2D eigenvalue weighted by molar-refractivity contribution is 0.0535. The molecule has 0 radical (unpaired) electrons. The van der Waals surface area contributed by atoms with E-state index in [4.69, 9.17) is 4.74 Å². The van der Waals surface area contributed by atoms with Crippen LogP contribution in [0.1, 0.15) is 32.6 Å². The number of fused-ring (bicyclic) bond motifs is 2. The smallest absolute Gasteiger partial charge is 0.339 e. The lowest BCUT2D eigenvalue weighted by atomic mass is 9.86. The van der Waals surface area contributed by atoms with E-state index in [2.05, 4.69) is 51.1 Å². The largest absolute Gasteiger partial charge is 0.457 e. The summed E-state index contributed by atoms with van der Waals surface area (Å²) < 4.78 is 5.32. The van der Waals surface area contributed by atoms with Gasteiger partial charge in [0, 0.05) is 11.1 Å². The zero-order chi connectivity index (χ0) is 16.1. The highest BCUT2D eigenvalue weighted by Gasteiger charge is 2.28. The van der Waals surface area contributed by atoms with E-state index in [0.29, 0.717) is 6.61 Å². The summed E-state index contributed by atoms with van der Waals surface area (Å²) in [6.07, 6.45) is 0. The quantitative estimate of drug-likeness (QED) is 0.584. The minimum atomic E-state index is -0.209. The van der Waals surface area contributed by atoms with Crippen LogP contribution in [0.15, 0.2) is 42.5 Å². The van der Waals surface area contributed by atoms with Crippen LogP contribution in [0, 0.1) is 20.8 Å². The predicted molar refractivity (Wildman–Crippen MR) is 92.7 cm³/mol. The second-order valence-corrected chi connectivity index (χ2v) is 6.34. The molecule has 0 bridgehead atoms. The average Bonchev–Trinajstić information content (AvgIpc) is 2.90. The van der Waals surface area contributed by atoms with Crippen LogP contribution in [0.3, 0.4) is 0 Å². The summed E-state index contributed by atoms with van der Waals surface area (Å²) in [5, 5.41) is 2.26. The first-order valence-corrected chi connectivity index (χ1v) is 7.86. The molecule has 0 saturated heterocycles. The molecule has 1 aliphatic rings. The molecule has 4 rings (SSSR count). The van der Waals surface area contributed by atoms with Crippen LogP contribution in [0.4, 0.5) is 0 Å². The number of carbonyl (C=O) groups is 1. The van der Waals surface area contributed by atoms with Crippen molar-refractivity contribution in [1.29, 1.82) is 0 Å². The Morgan fingerprint density at radius 2 is 1.74 bits per heavy atom. The molecule has 0 N–H and O–H groups in total. The molecule has 0 fully saturated rings. The Balaban J connectivity index is 2.19. The molecule has 0 saturated carbocycles. The zero-order valence-electron chi connectivity index (χ0n) is 13.6. The van der Waals surface area contributed by atoms with Gasteiger partial charge in [0.15, 0.2) is 0 Å². The number of ether oxygens (including phenoxy) is 1. The van der Waals surface area contributed by atoms with Crippen molar-refractivity contribution in [2.24, 2.45) is 0 Å². The first-order valence-electron chi connectivity index (χ1n) is 7.86. The molecule has 1 aliphatic heterocycles. The predicted octanol–water partition coefficient (Wildman–Crippen LogP) is 5.10. The SMILES string of the molecule is Cc1cc(C)c(C)c(-c2c3c(cc4ccccc24)COC3=O)c1. The Morgan fingerprint density at radius 3 is 2.57 bits per heavy atom. The van der Waals surface area contributed by atoms with Gasteiger partial charge in [0.25, 0.3) is 0 Å². The second-order valence-electron chi connectivity index (χ2n) is 6.34. The molecule has 0 amide bonds. The maximum Gasteiger partial charge on any atom is 0.339 e. The lowest BCUT2D eigenvalue weighted by Crippen LogP contribution is -2.01. The van der Waals surface area contributed by atoms with Crippen LogP contribution in [-0.2, 0) is 11.3 Å². The Kier molecular flexibility index (Phi) is 3.02. The third kappa shape index (κ3) is 2.06. The fourth-order valence-electron chi connectivity index (χ4n) is 3.55. The first-order chi connectivity index (χ1) is 11.1. The van der Waals surface area contributed by atoms with Crippen LogP contribution < -0.4 is 0 Å². The standard InChI is InChI=1S/C21H18O2/c1-12-8-13(2)14(3)18(9-12)20-17-7-5-4-6-15(17)10-16-11-23-21(22)19(16)20/h4-10H,11H2,1-3H3. The number of benzene rings is 3. The molecule has 3 aromatic rings. The van der Waals surface area contributed by atoms with Crippen LogP contribution in [0.25, 0.3) is 21.9 Å². The van der Waals surface area contributed by atoms with E-state index in [1.165, 1.54) is 16.7 Å². The molecular formula is C21H18O2. The first kappa shape index (κ1) is 14.0. The number of hydrogen-bond acceptors (Lipinski definition) is 2. The summed E-state index contributed by atoms with van der Waals surface area (Å²) in [5.74, 6) is -0.209. The number of hydrogen-bond donors (Lipinski definition) is 0. The molecule has 114 valence electrons. The van der Waals surface area contributed by atoms with Gasteiger partial charge in [0.05, 0.1) is 5.56 Å². The maximum absolute atomic E-state index is 12.4. The summed E-state index contributed by atoms with van der Waals surface area (Å²) in [5.41, 5.74) is 7.54. The van der Waals surface area contributed by atoms with E-state index >= 15 is 0 Å². The van der Waals surface area contributed by atoms with Gasteiger partial charge in [0.2, 0.25) is 0 Å². The fraction of sp³-hybridized carbons (Fsp3) is 0.190. The normalized spacial score (nSPS) is 13.3. The van der Waals surface area contributed by atoms with Gasteiger partial charge in [-0.05, 0) is 54.3 Å². The fourth-order valence-corrected chi connectivity index (χ4v) is 3.55. The average molecular weight is 302 g/mol. The van der Waals surface area contributed by atoms with E-state index in [1.54, 1.807) is 0 Å². The van der Waals surface area contributed by atoms with Gasteiger partial charge in [-0.1, -0.05) is 42.0 Å². The van der Waals surface area contributed by atoms with Crippen LogP contribution >= 0.6 is 0 Å². The van der Waals surface area contributed by atoms with E-state index in [1.807, 2.05) is 12.1 Å². The minimum absolute atomic E-state index is 0.209. The molecule has 0 aliphatic carbocycles. The second kappa shape index (κ2) is 4.95. The van der Waals surface area contributed by atoms with E-state index in [9.17, 15) is 4.79 Å². The lowest BCUT2D eigenvalue weighted by Gasteiger charge is -2.16. The highest BCUT2D eigenvalue weighted by molar-refractivity contribution is 6.11. The third-order valence-corrected chi connectivity index (χ3v) is 4.77. The van der Waals surface area contributed by atoms with Crippen molar-refractivity contribution >= 4 is 16.7 Å². The third-order valence-electron chi connectivity index (χ3n) is 4.77. The molecule has 0 spiro atoms. The Labute approximate surface area is 135 Å². The molecular weight excluding hydrogens is 284 g/mol. The number of rotatable bonds is 1. The zero-order valence-corrected chi connectivity index (χ0v) is 13.6. The highest BCUT2D eigenvalue weighted by Crippen LogP contribution is 2.40. The summed E-state index contributed by atoms with van der Waals surface area (Å²) in [4.78, 5) is 12.4. The molecule has 0 aromatic heterocycles. The van der Waals surface area contributed by atoms with Gasteiger partial charge in [0.1, 0.15) is 6.61 Å². The van der Waals surface area contributed by atoms with Gasteiger partial charge in [-0.3, -0.25) is 0 Å². The van der Waals surface area contributed by atoms with Crippen LogP contribution in [0.5, 0.6) is 0 Å². The number of cyclic esters (lactones) is 1. The molecule has 23 heavy (non-hydrogen) atoms. The molecule has 0 atom stereocenters. The van der Waals surface area contributed by atoms with Crippen molar-refractivity contribution in [2.75, 3.05) is 0 Å². The van der Waals surface area contributed by atoms with Crippen LogP contribution in [-0.4, -0.2) is 5.97 Å². The van der Waals surface area contributed by atoms with E-state index in [0.717, 1.165) is 33.0 Å². The van der Waals surface area contributed by atoms with Gasteiger partial charge in [-0.2, -0.15) is 0 Å². The van der Waals surface area contributed by atoms with Gasteiger partial charge in [-0.25, -0.2) is 4.79 Å². The number of esters is 1. The van der Waals surface area contributed by atoms with Crippen LogP contribution in [0.2, 0.25) is 0 Å². The van der Waals surface area contributed by atoms with Gasteiger partial charge < -0.3 is 4.74 Å². The topological polar surface area (TPSA) is 26.3 Å². The minimum Gasteiger partial charge on any atom is -0.457 e. The molecule has 0 unspecified atom stereocenters. The van der Waals surface area contributed by atoms with Gasteiger partial charge in [-0.15, -0.1) is 0 Å². The summed E-state index contributed by atoms with van der Waals surface area (Å²) in [6.45, 7) is 6.71. The maximum atomic E-state index is 12.4. The summed E-state index contributed by atoms with van der Waals surface area (Å²) in [6, 6.07) is 14.7. The van der Waals surface area contributed by atoms with Crippen molar-refractivity contribution < 1.29 is 9.53 Å². The highest BCUT2D eigenvalue weighted by atomic mass is 16.5. The van der Waals surface area contributed by atoms with Crippen molar-refractivity contribution in [3.05, 3.63) is 70.3 Å². The van der Waals surface area contributed by atoms with Crippen molar-refractivity contribution in [1.82, 2.24) is 0 Å². The monoisotopic (exact) mass is 302 g/mol. The van der Waals surface area contributed by atoms with Gasteiger partial charge >= 0.3 is 5.97 Å². The van der Waals surface area contributed by atoms with Crippen molar-refractivity contribution in [3.63, 3.8) is 0 Å². The Morgan fingerprint density at radius 1 is 0.957 bits per heavy atom. The van der Waals surface area contributed by atoms with Crippen molar-refractivity contribution in [3.8, 4) is 11.1 Å². The van der Waals surface area contributed by atoms with E-state index < -0.39 is 0 Å². The summed E-state index contributed by atoms with van der Waals surface area (Å²) in [7, 11) is 0. The Hall–Kier alpha value is -2.61. The molecule has 2 nitrogen and oxygen atoms in total. The summed E-state index contributed by atoms with van der Waals surface area (Å²) >= 11 is 0. The van der Waals surface area contributed by atoms with Crippen molar-refractivity contribution in [2.45, 2.75) is 27.4 Å². The number of aryl methyl sites for hydroxylation is 2. The molecule has 3 aromatic carbocycles.